The Morgan fingerprint density at radius 3 is 0.778 bits per heavy atom. The first-order valence-corrected chi connectivity index (χ1v) is 18.3. The summed E-state index contributed by atoms with van der Waals surface area (Å²) in [6, 6.07) is 77.2. The quantitative estimate of drug-likeness (QED) is 0.159. The van der Waals surface area contributed by atoms with Crippen LogP contribution in [-0.2, 0) is 0 Å². The van der Waals surface area contributed by atoms with Gasteiger partial charge < -0.3 is 0 Å². The second kappa shape index (κ2) is 14.8. The lowest BCUT2D eigenvalue weighted by molar-refractivity contribution is 1.18. The maximum Gasteiger partial charge on any atom is 0.160 e. The number of benzene rings is 8. The van der Waals surface area contributed by atoms with Crippen LogP contribution in [0.5, 0.6) is 0 Å². The van der Waals surface area contributed by atoms with E-state index in [-0.39, 0.29) is 0 Å². The minimum atomic E-state index is 0.682. The van der Waals surface area contributed by atoms with Crippen LogP contribution in [0.1, 0.15) is 0 Å². The second-order valence-electron chi connectivity index (χ2n) is 13.5. The van der Waals surface area contributed by atoms with Crippen LogP contribution < -0.4 is 0 Å². The van der Waals surface area contributed by atoms with Crippen molar-refractivity contribution in [3.8, 4) is 89.5 Å². The average molecular weight is 689 g/mol. The SMILES string of the molecule is c1ccc(-c2ccc(-c3cc(-c4cc(-c5ccccc5)cc(-c5ccccc5)c4)cc(-c4nc(-c5ccccc5)cc(-c5ccccc5)n4)c3)cc2)cc1. The van der Waals surface area contributed by atoms with Crippen LogP contribution in [0.3, 0.4) is 0 Å². The largest absolute Gasteiger partial charge is 0.228 e. The monoisotopic (exact) mass is 688 g/mol. The minimum Gasteiger partial charge on any atom is -0.228 e. The van der Waals surface area contributed by atoms with Crippen molar-refractivity contribution in [3.63, 3.8) is 0 Å². The standard InChI is InChI=1S/C52H36N2/c1-6-16-37(17-7-1)40-26-28-41(29-27-40)46-33-48(47-31-44(38-18-8-2-9-19-38)30-45(32-47)39-20-10-3-11-21-39)35-49(34-46)52-53-50(42-22-12-4-13-23-42)36-51(54-52)43-24-14-5-15-25-43/h1-36H. The summed E-state index contributed by atoms with van der Waals surface area (Å²) >= 11 is 0. The van der Waals surface area contributed by atoms with Gasteiger partial charge in [0.2, 0.25) is 0 Å². The van der Waals surface area contributed by atoms with E-state index in [1.165, 1.54) is 33.4 Å². The van der Waals surface area contributed by atoms with E-state index in [4.69, 9.17) is 9.97 Å². The van der Waals surface area contributed by atoms with E-state index in [1.54, 1.807) is 0 Å². The molecule has 1 aromatic heterocycles. The first kappa shape index (κ1) is 32.7. The van der Waals surface area contributed by atoms with Crippen molar-refractivity contribution in [3.05, 3.63) is 218 Å². The molecule has 2 heteroatoms. The van der Waals surface area contributed by atoms with Crippen LogP contribution >= 0.6 is 0 Å². The molecule has 0 aliphatic heterocycles. The smallest absolute Gasteiger partial charge is 0.160 e. The van der Waals surface area contributed by atoms with Crippen LogP contribution in [0.2, 0.25) is 0 Å². The van der Waals surface area contributed by atoms with Crippen molar-refractivity contribution in [1.82, 2.24) is 9.97 Å². The Hall–Kier alpha value is -7.16. The lowest BCUT2D eigenvalue weighted by Gasteiger charge is -2.15. The first-order chi connectivity index (χ1) is 26.7. The van der Waals surface area contributed by atoms with Gasteiger partial charge in [-0.25, -0.2) is 9.97 Å². The molecule has 1 heterocycles. The fraction of sp³-hybridized carbons (Fsp3) is 0. The van der Waals surface area contributed by atoms with Gasteiger partial charge in [0.15, 0.2) is 5.82 Å². The second-order valence-corrected chi connectivity index (χ2v) is 13.5. The summed E-state index contributed by atoms with van der Waals surface area (Å²) in [5.74, 6) is 0.682. The van der Waals surface area contributed by atoms with Gasteiger partial charge >= 0.3 is 0 Å². The molecule has 254 valence electrons. The van der Waals surface area contributed by atoms with E-state index in [0.29, 0.717) is 5.82 Å². The van der Waals surface area contributed by atoms with Gasteiger partial charge in [-0.1, -0.05) is 176 Å². The van der Waals surface area contributed by atoms with Crippen molar-refractivity contribution in [1.29, 1.82) is 0 Å². The molecule has 8 aromatic carbocycles. The topological polar surface area (TPSA) is 25.8 Å². The molecule has 54 heavy (non-hydrogen) atoms. The highest BCUT2D eigenvalue weighted by Gasteiger charge is 2.15. The summed E-state index contributed by atoms with van der Waals surface area (Å²) in [6.45, 7) is 0. The summed E-state index contributed by atoms with van der Waals surface area (Å²) < 4.78 is 0. The molecular formula is C52H36N2. The Labute approximate surface area is 316 Å². The number of aromatic nitrogens is 2. The van der Waals surface area contributed by atoms with E-state index in [1.807, 2.05) is 12.1 Å². The number of hydrogen-bond donors (Lipinski definition) is 0. The molecule has 0 bridgehead atoms. The third kappa shape index (κ3) is 7.01. The molecule has 0 saturated heterocycles. The van der Waals surface area contributed by atoms with Crippen LogP contribution in [0.4, 0.5) is 0 Å². The lowest BCUT2D eigenvalue weighted by atomic mass is 9.90. The average Bonchev–Trinajstić information content (AvgIpc) is 3.27. The molecule has 9 rings (SSSR count). The summed E-state index contributed by atoms with van der Waals surface area (Å²) in [7, 11) is 0. The minimum absolute atomic E-state index is 0.682. The van der Waals surface area contributed by atoms with E-state index in [0.717, 1.165) is 50.3 Å². The molecule has 0 spiro atoms. The van der Waals surface area contributed by atoms with Crippen molar-refractivity contribution in [2.45, 2.75) is 0 Å². The molecule has 0 N–H and O–H groups in total. The Morgan fingerprint density at radius 1 is 0.185 bits per heavy atom. The Balaban J connectivity index is 1.26. The Kier molecular flexibility index (Phi) is 8.99. The van der Waals surface area contributed by atoms with Gasteiger partial charge in [0, 0.05) is 16.7 Å². The van der Waals surface area contributed by atoms with Gasteiger partial charge in [0.05, 0.1) is 11.4 Å². The van der Waals surface area contributed by atoms with Gasteiger partial charge in [-0.3, -0.25) is 0 Å². The summed E-state index contributed by atoms with van der Waals surface area (Å²) in [5, 5.41) is 0. The molecule has 2 nitrogen and oxygen atoms in total. The molecular weight excluding hydrogens is 653 g/mol. The molecule has 0 aliphatic carbocycles. The molecule has 0 unspecified atom stereocenters. The third-order valence-electron chi connectivity index (χ3n) is 9.86. The van der Waals surface area contributed by atoms with E-state index >= 15 is 0 Å². The van der Waals surface area contributed by atoms with Crippen molar-refractivity contribution < 1.29 is 0 Å². The first-order valence-electron chi connectivity index (χ1n) is 18.3. The van der Waals surface area contributed by atoms with Gasteiger partial charge in [-0.15, -0.1) is 0 Å². The van der Waals surface area contributed by atoms with E-state index < -0.39 is 0 Å². The highest BCUT2D eigenvalue weighted by molar-refractivity contribution is 5.86. The highest BCUT2D eigenvalue weighted by Crippen LogP contribution is 2.38. The van der Waals surface area contributed by atoms with Crippen LogP contribution in [0, 0.1) is 0 Å². The molecule has 0 radical (unpaired) electrons. The molecule has 0 atom stereocenters. The normalized spacial score (nSPS) is 11.0. The maximum absolute atomic E-state index is 5.24. The molecule has 9 aromatic rings. The van der Waals surface area contributed by atoms with Gasteiger partial charge in [0.25, 0.3) is 0 Å². The summed E-state index contributed by atoms with van der Waals surface area (Å²) in [6.07, 6.45) is 0. The zero-order valence-corrected chi connectivity index (χ0v) is 29.7. The third-order valence-corrected chi connectivity index (χ3v) is 9.86. The van der Waals surface area contributed by atoms with Crippen molar-refractivity contribution in [2.75, 3.05) is 0 Å². The fourth-order valence-electron chi connectivity index (χ4n) is 7.05. The Morgan fingerprint density at radius 2 is 0.426 bits per heavy atom. The number of rotatable bonds is 8. The van der Waals surface area contributed by atoms with E-state index in [2.05, 4.69) is 206 Å². The van der Waals surface area contributed by atoms with Gasteiger partial charge in [0.1, 0.15) is 0 Å². The maximum atomic E-state index is 5.24. The van der Waals surface area contributed by atoms with Crippen molar-refractivity contribution >= 4 is 0 Å². The zero-order chi connectivity index (χ0) is 36.1. The van der Waals surface area contributed by atoms with Crippen LogP contribution in [0.15, 0.2) is 218 Å². The van der Waals surface area contributed by atoms with Crippen molar-refractivity contribution in [2.24, 2.45) is 0 Å². The zero-order valence-electron chi connectivity index (χ0n) is 29.7. The van der Waals surface area contributed by atoms with Crippen LogP contribution in [-0.4, -0.2) is 9.97 Å². The van der Waals surface area contributed by atoms with E-state index in [9.17, 15) is 0 Å². The number of nitrogens with zero attached hydrogens (tertiary/aromatic N) is 2. The van der Waals surface area contributed by atoms with Gasteiger partial charge in [-0.2, -0.15) is 0 Å². The molecule has 0 amide bonds. The van der Waals surface area contributed by atoms with Crippen LogP contribution in [0.25, 0.3) is 89.5 Å². The summed E-state index contributed by atoms with van der Waals surface area (Å²) in [4.78, 5) is 10.5. The molecule has 0 aliphatic rings. The predicted octanol–water partition coefficient (Wildman–Crippen LogP) is 13.8. The van der Waals surface area contributed by atoms with Gasteiger partial charge in [-0.05, 0) is 98.1 Å². The fourth-order valence-corrected chi connectivity index (χ4v) is 7.05. The predicted molar refractivity (Wildman–Crippen MR) is 226 cm³/mol. The molecule has 0 fully saturated rings. The lowest BCUT2D eigenvalue weighted by Crippen LogP contribution is -1.97. The molecule has 0 saturated carbocycles. The number of hydrogen-bond acceptors (Lipinski definition) is 2. The Bertz CT molecular complexity index is 2390. The highest BCUT2D eigenvalue weighted by atomic mass is 14.9. The summed E-state index contributed by atoms with van der Waals surface area (Å²) in [5.41, 5.74) is 16.3.